The van der Waals surface area contributed by atoms with E-state index >= 15 is 0 Å². The molecule has 19 heavy (non-hydrogen) atoms. The molecular formula is C16H29NOS. The van der Waals surface area contributed by atoms with Crippen LogP contribution in [-0.4, -0.2) is 24.8 Å². The second-order valence-corrected chi connectivity index (χ2v) is 5.83. The first-order valence-electron chi connectivity index (χ1n) is 7.60. The molecule has 3 heteroatoms. The van der Waals surface area contributed by atoms with E-state index < -0.39 is 0 Å². The summed E-state index contributed by atoms with van der Waals surface area (Å²) in [5.41, 5.74) is 1.39. The van der Waals surface area contributed by atoms with Crippen LogP contribution in [0.3, 0.4) is 0 Å². The van der Waals surface area contributed by atoms with Crippen molar-refractivity contribution in [2.45, 2.75) is 65.0 Å². The van der Waals surface area contributed by atoms with E-state index in [0.717, 1.165) is 38.8 Å². The van der Waals surface area contributed by atoms with Gasteiger partial charge in [0.05, 0.1) is 5.60 Å². The minimum absolute atomic E-state index is 0.0359. The number of ether oxygens (including phenoxy) is 1. The molecule has 0 saturated heterocycles. The maximum atomic E-state index is 6.18. The summed E-state index contributed by atoms with van der Waals surface area (Å²) in [6.07, 6.45) is 4.34. The van der Waals surface area contributed by atoms with Gasteiger partial charge in [0.25, 0.3) is 0 Å². The first-order chi connectivity index (χ1) is 9.22. The minimum atomic E-state index is -0.0359. The van der Waals surface area contributed by atoms with Crippen molar-refractivity contribution in [1.29, 1.82) is 0 Å². The fourth-order valence-corrected chi connectivity index (χ4v) is 3.42. The molecule has 0 saturated carbocycles. The van der Waals surface area contributed by atoms with E-state index in [9.17, 15) is 0 Å². The van der Waals surface area contributed by atoms with Crippen molar-refractivity contribution in [2.24, 2.45) is 0 Å². The Kier molecular flexibility index (Phi) is 7.66. The van der Waals surface area contributed by atoms with Gasteiger partial charge in [0.15, 0.2) is 0 Å². The Morgan fingerprint density at radius 1 is 1.26 bits per heavy atom. The predicted octanol–water partition coefficient (Wildman–Crippen LogP) is 4.25. The maximum absolute atomic E-state index is 6.18. The zero-order valence-electron chi connectivity index (χ0n) is 12.9. The Labute approximate surface area is 122 Å². The van der Waals surface area contributed by atoms with Crippen LogP contribution >= 0.6 is 11.3 Å². The summed E-state index contributed by atoms with van der Waals surface area (Å²) in [5.74, 6) is 0. The highest BCUT2D eigenvalue weighted by Crippen LogP contribution is 2.28. The largest absolute Gasteiger partial charge is 0.374 e. The Hall–Kier alpha value is -0.380. The van der Waals surface area contributed by atoms with E-state index in [1.54, 1.807) is 11.3 Å². The van der Waals surface area contributed by atoms with E-state index in [1.165, 1.54) is 5.56 Å². The molecule has 0 radical (unpaired) electrons. The molecule has 0 aliphatic rings. The summed E-state index contributed by atoms with van der Waals surface area (Å²) in [4.78, 5) is 0. The van der Waals surface area contributed by atoms with Crippen LogP contribution in [0.1, 0.15) is 52.5 Å². The van der Waals surface area contributed by atoms with E-state index in [4.69, 9.17) is 4.74 Å². The fourth-order valence-electron chi connectivity index (χ4n) is 2.74. The van der Waals surface area contributed by atoms with Gasteiger partial charge in [-0.2, -0.15) is 11.3 Å². The fraction of sp³-hybridized carbons (Fsp3) is 0.750. The van der Waals surface area contributed by atoms with E-state index in [-0.39, 0.29) is 5.60 Å². The molecule has 0 aromatic carbocycles. The average molecular weight is 283 g/mol. The topological polar surface area (TPSA) is 21.3 Å². The van der Waals surface area contributed by atoms with Crippen molar-refractivity contribution in [2.75, 3.05) is 13.2 Å². The lowest BCUT2D eigenvalue weighted by atomic mass is 9.84. The van der Waals surface area contributed by atoms with Crippen molar-refractivity contribution >= 4 is 11.3 Å². The molecule has 1 aromatic heterocycles. The van der Waals surface area contributed by atoms with Crippen LogP contribution in [0.15, 0.2) is 16.8 Å². The van der Waals surface area contributed by atoms with Crippen molar-refractivity contribution in [3.05, 3.63) is 22.4 Å². The molecule has 0 amide bonds. The average Bonchev–Trinajstić information content (AvgIpc) is 2.94. The number of hydrogen-bond donors (Lipinski definition) is 1. The van der Waals surface area contributed by atoms with E-state index in [0.29, 0.717) is 6.04 Å². The van der Waals surface area contributed by atoms with Gasteiger partial charge in [0.2, 0.25) is 0 Å². The van der Waals surface area contributed by atoms with Crippen LogP contribution in [0, 0.1) is 0 Å². The molecule has 0 aliphatic carbocycles. The van der Waals surface area contributed by atoms with Crippen LogP contribution < -0.4 is 5.32 Å². The van der Waals surface area contributed by atoms with E-state index in [2.05, 4.69) is 49.8 Å². The van der Waals surface area contributed by atoms with Gasteiger partial charge in [-0.1, -0.05) is 20.8 Å². The Bertz CT molecular complexity index is 319. The molecular weight excluding hydrogens is 254 g/mol. The second kappa shape index (κ2) is 8.72. The number of hydrogen-bond acceptors (Lipinski definition) is 3. The van der Waals surface area contributed by atoms with E-state index in [1.807, 2.05) is 0 Å². The van der Waals surface area contributed by atoms with Gasteiger partial charge in [-0.3, -0.25) is 0 Å². The van der Waals surface area contributed by atoms with Gasteiger partial charge < -0.3 is 10.1 Å². The highest BCUT2D eigenvalue weighted by molar-refractivity contribution is 7.07. The van der Waals surface area contributed by atoms with Gasteiger partial charge >= 0.3 is 0 Å². The summed E-state index contributed by atoms with van der Waals surface area (Å²) < 4.78 is 6.18. The predicted molar refractivity (Wildman–Crippen MR) is 85.0 cm³/mol. The van der Waals surface area contributed by atoms with Crippen LogP contribution in [0.4, 0.5) is 0 Å². The van der Waals surface area contributed by atoms with Crippen molar-refractivity contribution in [3.8, 4) is 0 Å². The van der Waals surface area contributed by atoms with Gasteiger partial charge in [-0.15, -0.1) is 0 Å². The smallest absolute Gasteiger partial charge is 0.0832 e. The molecule has 0 aliphatic heterocycles. The second-order valence-electron chi connectivity index (χ2n) is 5.05. The lowest BCUT2D eigenvalue weighted by molar-refractivity contribution is -0.0718. The summed E-state index contributed by atoms with van der Waals surface area (Å²) in [6.45, 7) is 10.6. The molecule has 1 unspecified atom stereocenters. The monoisotopic (exact) mass is 283 g/mol. The van der Waals surface area contributed by atoms with Crippen LogP contribution in [0.25, 0.3) is 0 Å². The Morgan fingerprint density at radius 3 is 2.47 bits per heavy atom. The lowest BCUT2D eigenvalue weighted by Crippen LogP contribution is -2.53. The number of rotatable bonds is 10. The zero-order valence-corrected chi connectivity index (χ0v) is 13.7. The van der Waals surface area contributed by atoms with Crippen molar-refractivity contribution in [3.63, 3.8) is 0 Å². The standard InChI is InChI=1S/C16H29NOS/c1-5-10-17-15(12-14-9-11-19-13-14)16(6-2,7-3)18-8-4/h9,11,13,15,17H,5-8,10,12H2,1-4H3. The zero-order chi connectivity index (χ0) is 14.1. The summed E-state index contributed by atoms with van der Waals surface area (Å²) >= 11 is 1.78. The highest BCUT2D eigenvalue weighted by Gasteiger charge is 2.36. The molecule has 110 valence electrons. The van der Waals surface area contributed by atoms with Crippen molar-refractivity contribution in [1.82, 2.24) is 5.32 Å². The maximum Gasteiger partial charge on any atom is 0.0832 e. The number of nitrogens with one attached hydrogen (secondary N) is 1. The molecule has 0 fully saturated rings. The van der Waals surface area contributed by atoms with Gasteiger partial charge in [-0.05, 0) is 61.5 Å². The molecule has 1 N–H and O–H groups in total. The molecule has 0 spiro atoms. The summed E-state index contributed by atoms with van der Waals surface area (Å²) in [6, 6.07) is 2.63. The van der Waals surface area contributed by atoms with Crippen LogP contribution in [0.2, 0.25) is 0 Å². The number of thiophene rings is 1. The quantitative estimate of drug-likeness (QED) is 0.693. The van der Waals surface area contributed by atoms with Crippen molar-refractivity contribution < 1.29 is 4.74 Å². The third kappa shape index (κ3) is 4.59. The molecule has 1 aromatic rings. The molecule has 0 bridgehead atoms. The molecule has 1 rings (SSSR count). The van der Waals surface area contributed by atoms with Gasteiger partial charge in [0, 0.05) is 12.6 Å². The van der Waals surface area contributed by atoms with Crippen LogP contribution in [0.5, 0.6) is 0 Å². The first kappa shape index (κ1) is 16.7. The highest BCUT2D eigenvalue weighted by atomic mass is 32.1. The van der Waals surface area contributed by atoms with Crippen LogP contribution in [-0.2, 0) is 11.2 Å². The third-order valence-electron chi connectivity index (χ3n) is 3.92. The summed E-state index contributed by atoms with van der Waals surface area (Å²) in [5, 5.41) is 8.13. The molecule has 2 nitrogen and oxygen atoms in total. The first-order valence-corrected chi connectivity index (χ1v) is 8.55. The minimum Gasteiger partial charge on any atom is -0.374 e. The Morgan fingerprint density at radius 2 is 2.00 bits per heavy atom. The van der Waals surface area contributed by atoms with Gasteiger partial charge in [0.1, 0.15) is 0 Å². The van der Waals surface area contributed by atoms with Gasteiger partial charge in [-0.25, -0.2) is 0 Å². The molecule has 1 atom stereocenters. The third-order valence-corrected chi connectivity index (χ3v) is 4.66. The Balaban J connectivity index is 2.84. The summed E-state index contributed by atoms with van der Waals surface area (Å²) in [7, 11) is 0. The SMILES string of the molecule is CCCNC(Cc1ccsc1)C(CC)(CC)OCC. The normalized spacial score (nSPS) is 13.7. The molecule has 1 heterocycles. The lowest BCUT2D eigenvalue weighted by Gasteiger charge is -2.40.